The SMILES string of the molecule is CNC(=O)/C(=C\c1ccccc1)C(=O)O. The van der Waals surface area contributed by atoms with Crippen LogP contribution in [0.4, 0.5) is 0 Å². The molecule has 1 aromatic rings. The second-order valence-corrected chi connectivity index (χ2v) is 2.85. The number of rotatable bonds is 3. The number of carboxylic acids is 1. The quantitative estimate of drug-likeness (QED) is 0.437. The number of aliphatic carboxylic acids is 1. The van der Waals surface area contributed by atoms with Crippen molar-refractivity contribution in [1.82, 2.24) is 5.32 Å². The zero-order valence-electron chi connectivity index (χ0n) is 8.23. The Labute approximate surface area is 87.2 Å². The molecule has 0 aliphatic rings. The molecule has 1 aromatic carbocycles. The van der Waals surface area contributed by atoms with Gasteiger partial charge in [0.15, 0.2) is 0 Å². The van der Waals surface area contributed by atoms with Gasteiger partial charge in [0.2, 0.25) is 0 Å². The average molecular weight is 205 g/mol. The molecular formula is C11H11NO3. The molecule has 4 nitrogen and oxygen atoms in total. The monoisotopic (exact) mass is 205 g/mol. The van der Waals surface area contributed by atoms with Crippen molar-refractivity contribution in [1.29, 1.82) is 0 Å². The smallest absolute Gasteiger partial charge is 0.341 e. The molecule has 0 atom stereocenters. The van der Waals surface area contributed by atoms with Crippen LogP contribution in [0.15, 0.2) is 35.9 Å². The van der Waals surface area contributed by atoms with Gasteiger partial charge in [-0.1, -0.05) is 30.3 Å². The van der Waals surface area contributed by atoms with E-state index in [0.29, 0.717) is 5.56 Å². The van der Waals surface area contributed by atoms with Crippen LogP contribution in [0.3, 0.4) is 0 Å². The van der Waals surface area contributed by atoms with Crippen molar-refractivity contribution in [2.45, 2.75) is 0 Å². The molecule has 4 heteroatoms. The van der Waals surface area contributed by atoms with Crippen molar-refractivity contribution < 1.29 is 14.7 Å². The number of likely N-dealkylation sites (N-methyl/N-ethyl adjacent to an activating group) is 1. The van der Waals surface area contributed by atoms with Crippen LogP contribution in [0, 0.1) is 0 Å². The summed E-state index contributed by atoms with van der Waals surface area (Å²) in [6.45, 7) is 0. The number of nitrogens with one attached hydrogen (secondary N) is 1. The predicted octanol–water partition coefficient (Wildman–Crippen LogP) is 0.901. The molecule has 0 aliphatic heterocycles. The maximum absolute atomic E-state index is 11.2. The zero-order chi connectivity index (χ0) is 11.3. The van der Waals surface area contributed by atoms with E-state index in [1.807, 2.05) is 6.07 Å². The van der Waals surface area contributed by atoms with E-state index in [0.717, 1.165) is 0 Å². The van der Waals surface area contributed by atoms with Gasteiger partial charge >= 0.3 is 5.97 Å². The molecule has 78 valence electrons. The minimum atomic E-state index is -1.24. The number of carbonyl (C=O) groups is 2. The van der Waals surface area contributed by atoms with E-state index in [2.05, 4.69) is 5.32 Å². The van der Waals surface area contributed by atoms with Crippen LogP contribution < -0.4 is 5.32 Å². The Hall–Kier alpha value is -2.10. The van der Waals surface area contributed by atoms with Gasteiger partial charge < -0.3 is 10.4 Å². The lowest BCUT2D eigenvalue weighted by Crippen LogP contribution is -2.24. The van der Waals surface area contributed by atoms with Crippen molar-refractivity contribution in [3.8, 4) is 0 Å². The molecule has 0 aliphatic carbocycles. The number of hydrogen-bond acceptors (Lipinski definition) is 2. The standard InChI is InChI=1S/C11H11NO3/c1-12-10(13)9(11(14)15)7-8-5-3-2-4-6-8/h2-7H,1H3,(H,12,13)(H,14,15)/b9-7+. The van der Waals surface area contributed by atoms with E-state index in [9.17, 15) is 9.59 Å². The van der Waals surface area contributed by atoms with Gasteiger partial charge in [-0.15, -0.1) is 0 Å². The lowest BCUT2D eigenvalue weighted by molar-refractivity contribution is -0.134. The van der Waals surface area contributed by atoms with E-state index in [1.54, 1.807) is 24.3 Å². The lowest BCUT2D eigenvalue weighted by Gasteiger charge is -2.00. The molecular weight excluding hydrogens is 194 g/mol. The third-order valence-electron chi connectivity index (χ3n) is 1.81. The number of carbonyl (C=O) groups excluding carboxylic acids is 1. The maximum atomic E-state index is 11.2. The van der Waals surface area contributed by atoms with E-state index in [1.165, 1.54) is 13.1 Å². The van der Waals surface area contributed by atoms with Crippen molar-refractivity contribution in [2.24, 2.45) is 0 Å². The van der Waals surface area contributed by atoms with Gasteiger partial charge in [-0.25, -0.2) is 4.79 Å². The van der Waals surface area contributed by atoms with Crippen LogP contribution in [0.1, 0.15) is 5.56 Å². The Bertz CT molecular complexity index is 396. The van der Waals surface area contributed by atoms with E-state index in [4.69, 9.17) is 5.11 Å². The van der Waals surface area contributed by atoms with E-state index < -0.39 is 11.9 Å². The minimum absolute atomic E-state index is 0.274. The normalized spacial score (nSPS) is 10.9. The Balaban J connectivity index is 3.05. The summed E-state index contributed by atoms with van der Waals surface area (Å²) in [6.07, 6.45) is 1.33. The van der Waals surface area contributed by atoms with Gasteiger partial charge in [-0.3, -0.25) is 4.79 Å². The Morgan fingerprint density at radius 2 is 1.87 bits per heavy atom. The van der Waals surface area contributed by atoms with Crippen molar-refractivity contribution in [2.75, 3.05) is 7.05 Å². The van der Waals surface area contributed by atoms with Crippen LogP contribution in [0.2, 0.25) is 0 Å². The van der Waals surface area contributed by atoms with Gasteiger partial charge in [0.1, 0.15) is 5.57 Å². The summed E-state index contributed by atoms with van der Waals surface area (Å²) in [5.41, 5.74) is 0.405. The summed E-state index contributed by atoms with van der Waals surface area (Å²) in [6, 6.07) is 8.82. The first-order chi connectivity index (χ1) is 7.15. The third kappa shape index (κ3) is 2.95. The van der Waals surface area contributed by atoms with Crippen LogP contribution in [0.5, 0.6) is 0 Å². The van der Waals surface area contributed by atoms with Gasteiger partial charge in [-0.05, 0) is 11.6 Å². The summed E-state index contributed by atoms with van der Waals surface area (Å²) in [7, 11) is 1.39. The van der Waals surface area contributed by atoms with Crippen molar-refractivity contribution >= 4 is 18.0 Å². The molecule has 0 fully saturated rings. The van der Waals surface area contributed by atoms with Crippen LogP contribution in [-0.2, 0) is 9.59 Å². The molecule has 2 N–H and O–H groups in total. The molecule has 0 bridgehead atoms. The third-order valence-corrected chi connectivity index (χ3v) is 1.81. The zero-order valence-corrected chi connectivity index (χ0v) is 8.23. The predicted molar refractivity (Wildman–Crippen MR) is 56.1 cm³/mol. The van der Waals surface area contributed by atoms with Crippen LogP contribution in [0.25, 0.3) is 6.08 Å². The Morgan fingerprint density at radius 3 is 2.33 bits per heavy atom. The summed E-state index contributed by atoms with van der Waals surface area (Å²) < 4.78 is 0. The second kappa shape index (κ2) is 4.95. The first-order valence-corrected chi connectivity index (χ1v) is 4.37. The maximum Gasteiger partial charge on any atom is 0.341 e. The van der Waals surface area contributed by atoms with Crippen molar-refractivity contribution in [3.63, 3.8) is 0 Å². The van der Waals surface area contributed by atoms with Gasteiger partial charge in [0.25, 0.3) is 5.91 Å². The fraction of sp³-hybridized carbons (Fsp3) is 0.0909. The van der Waals surface area contributed by atoms with Crippen molar-refractivity contribution in [3.05, 3.63) is 41.5 Å². The first kappa shape index (κ1) is 11.0. The summed E-state index contributed by atoms with van der Waals surface area (Å²) >= 11 is 0. The molecule has 0 saturated carbocycles. The fourth-order valence-corrected chi connectivity index (χ4v) is 1.08. The summed E-state index contributed by atoms with van der Waals surface area (Å²) in [5.74, 6) is -1.84. The molecule has 1 amide bonds. The lowest BCUT2D eigenvalue weighted by atomic mass is 10.1. The topological polar surface area (TPSA) is 66.4 Å². The van der Waals surface area contributed by atoms with Gasteiger partial charge in [0, 0.05) is 7.05 Å². The number of hydrogen-bond donors (Lipinski definition) is 2. The molecule has 0 aromatic heterocycles. The number of benzene rings is 1. The molecule has 0 saturated heterocycles. The van der Waals surface area contributed by atoms with E-state index in [-0.39, 0.29) is 5.57 Å². The minimum Gasteiger partial charge on any atom is -0.477 e. The molecule has 1 rings (SSSR count). The highest BCUT2D eigenvalue weighted by Gasteiger charge is 2.15. The largest absolute Gasteiger partial charge is 0.477 e. The number of amides is 1. The highest BCUT2D eigenvalue weighted by Crippen LogP contribution is 2.06. The van der Waals surface area contributed by atoms with Gasteiger partial charge in [0.05, 0.1) is 0 Å². The molecule has 0 heterocycles. The first-order valence-electron chi connectivity index (χ1n) is 4.37. The fourth-order valence-electron chi connectivity index (χ4n) is 1.08. The van der Waals surface area contributed by atoms with Crippen LogP contribution in [-0.4, -0.2) is 24.0 Å². The molecule has 0 radical (unpaired) electrons. The highest BCUT2D eigenvalue weighted by atomic mass is 16.4. The Kier molecular flexibility index (Phi) is 3.62. The highest BCUT2D eigenvalue weighted by molar-refractivity contribution is 6.19. The summed E-state index contributed by atoms with van der Waals surface area (Å²) in [5, 5.41) is 11.1. The van der Waals surface area contributed by atoms with Crippen LogP contribution >= 0.6 is 0 Å². The molecule has 0 unspecified atom stereocenters. The molecule has 0 spiro atoms. The number of carboxylic acid groups (broad SMARTS) is 1. The summed E-state index contributed by atoms with van der Waals surface area (Å²) in [4.78, 5) is 22.0. The average Bonchev–Trinajstić information content (AvgIpc) is 2.26. The second-order valence-electron chi connectivity index (χ2n) is 2.85. The van der Waals surface area contributed by atoms with E-state index >= 15 is 0 Å². The van der Waals surface area contributed by atoms with Gasteiger partial charge in [-0.2, -0.15) is 0 Å². The Morgan fingerprint density at radius 1 is 1.27 bits per heavy atom. The molecule has 15 heavy (non-hydrogen) atoms.